The molecule has 1 aromatic rings. The molecule has 2 unspecified atom stereocenters. The quantitative estimate of drug-likeness (QED) is 0.650. The number of nitrogens with one attached hydrogen (secondary N) is 3. The lowest BCUT2D eigenvalue weighted by Crippen LogP contribution is -2.28. The van der Waals surface area contributed by atoms with Gasteiger partial charge in [-0.3, -0.25) is 5.10 Å². The van der Waals surface area contributed by atoms with Crippen molar-refractivity contribution in [2.24, 2.45) is 5.92 Å². The van der Waals surface area contributed by atoms with Crippen molar-refractivity contribution < 1.29 is 8.42 Å². The zero-order valence-corrected chi connectivity index (χ0v) is 12.5. The molecule has 1 saturated carbocycles. The molecular formula is C12H22N4O2S. The molecule has 7 heteroatoms. The van der Waals surface area contributed by atoms with E-state index in [1.165, 1.54) is 0 Å². The molecule has 108 valence electrons. The lowest BCUT2D eigenvalue weighted by molar-refractivity contribution is 0.574. The molecule has 0 bridgehead atoms. The van der Waals surface area contributed by atoms with Crippen molar-refractivity contribution in [3.63, 3.8) is 0 Å². The smallest absolute Gasteiger partial charge is 0.244 e. The lowest BCUT2D eigenvalue weighted by Gasteiger charge is -2.08. The van der Waals surface area contributed by atoms with Crippen molar-refractivity contribution in [3.8, 4) is 0 Å². The van der Waals surface area contributed by atoms with E-state index in [9.17, 15) is 8.42 Å². The van der Waals surface area contributed by atoms with Gasteiger partial charge in [0.25, 0.3) is 0 Å². The van der Waals surface area contributed by atoms with Gasteiger partial charge in [-0.2, -0.15) is 5.10 Å². The largest absolute Gasteiger partial charge is 0.311 e. The zero-order chi connectivity index (χ0) is 14.0. The zero-order valence-electron chi connectivity index (χ0n) is 11.7. The molecule has 1 heterocycles. The van der Waals surface area contributed by atoms with E-state index in [1.807, 2.05) is 6.92 Å². The van der Waals surface area contributed by atoms with Gasteiger partial charge in [-0.05, 0) is 32.2 Å². The molecule has 0 amide bonds. The second kappa shape index (κ2) is 5.60. The molecule has 0 aliphatic heterocycles. The van der Waals surface area contributed by atoms with E-state index in [4.69, 9.17) is 0 Å². The van der Waals surface area contributed by atoms with E-state index in [1.54, 1.807) is 6.92 Å². The summed E-state index contributed by atoms with van der Waals surface area (Å²) in [6, 6.07) is 0.0794. The van der Waals surface area contributed by atoms with Crippen LogP contribution in [0.4, 0.5) is 0 Å². The molecule has 19 heavy (non-hydrogen) atoms. The Hall–Kier alpha value is -0.920. The van der Waals surface area contributed by atoms with Gasteiger partial charge in [-0.15, -0.1) is 0 Å². The molecule has 0 saturated heterocycles. The average Bonchev–Trinajstić information content (AvgIpc) is 2.86. The van der Waals surface area contributed by atoms with Crippen LogP contribution in [-0.2, 0) is 16.6 Å². The van der Waals surface area contributed by atoms with Gasteiger partial charge in [-0.25, -0.2) is 13.1 Å². The summed E-state index contributed by atoms with van der Waals surface area (Å²) in [5.41, 5.74) is 1.15. The minimum Gasteiger partial charge on any atom is -0.311 e. The molecule has 1 aliphatic rings. The van der Waals surface area contributed by atoms with Gasteiger partial charge in [0.05, 0.1) is 11.4 Å². The number of sulfonamides is 1. The van der Waals surface area contributed by atoms with Crippen LogP contribution in [0.25, 0.3) is 0 Å². The van der Waals surface area contributed by atoms with Crippen molar-refractivity contribution in [2.75, 3.05) is 6.54 Å². The second-order valence-corrected chi connectivity index (χ2v) is 6.89. The van der Waals surface area contributed by atoms with Gasteiger partial charge >= 0.3 is 0 Å². The van der Waals surface area contributed by atoms with Crippen LogP contribution in [0.5, 0.6) is 0 Å². The Morgan fingerprint density at radius 2 is 2.16 bits per heavy atom. The van der Waals surface area contributed by atoms with Crippen molar-refractivity contribution >= 4 is 10.0 Å². The molecule has 1 aliphatic carbocycles. The van der Waals surface area contributed by atoms with Gasteiger partial charge in [-0.1, -0.05) is 13.8 Å². The highest BCUT2D eigenvalue weighted by Gasteiger charge is 2.38. The fraction of sp³-hybridized carbons (Fsp3) is 0.750. The van der Waals surface area contributed by atoms with Crippen LogP contribution in [0.3, 0.4) is 0 Å². The second-order valence-electron chi connectivity index (χ2n) is 5.24. The van der Waals surface area contributed by atoms with Crippen LogP contribution in [0.1, 0.15) is 38.1 Å². The number of aromatic nitrogens is 2. The predicted octanol–water partition coefficient (Wildman–Crippen LogP) is 0.904. The van der Waals surface area contributed by atoms with Gasteiger partial charge < -0.3 is 5.32 Å². The normalized spacial score (nSPS) is 22.7. The number of aromatic amines is 1. The fourth-order valence-electron chi connectivity index (χ4n) is 2.07. The number of H-pyrrole nitrogens is 1. The first-order valence-electron chi connectivity index (χ1n) is 6.72. The highest BCUT2D eigenvalue weighted by molar-refractivity contribution is 7.89. The van der Waals surface area contributed by atoms with E-state index in [0.717, 1.165) is 19.4 Å². The Bertz CT molecular complexity index is 538. The van der Waals surface area contributed by atoms with E-state index < -0.39 is 10.0 Å². The van der Waals surface area contributed by atoms with Crippen LogP contribution in [0.15, 0.2) is 4.90 Å². The maximum absolute atomic E-state index is 12.4. The summed E-state index contributed by atoms with van der Waals surface area (Å²) >= 11 is 0. The molecule has 1 fully saturated rings. The van der Waals surface area contributed by atoms with Gasteiger partial charge in [0.15, 0.2) is 0 Å². The van der Waals surface area contributed by atoms with E-state index in [2.05, 4.69) is 27.2 Å². The Labute approximate surface area is 114 Å². The summed E-state index contributed by atoms with van der Waals surface area (Å²) in [6.45, 7) is 7.16. The molecule has 6 nitrogen and oxygen atoms in total. The molecule has 2 atom stereocenters. The number of rotatable bonds is 7. The van der Waals surface area contributed by atoms with Crippen molar-refractivity contribution in [2.45, 2.75) is 51.1 Å². The monoisotopic (exact) mass is 286 g/mol. The standard InChI is InChI=1S/C12H22N4O2S/c1-4-5-13-7-11-12(9(3)14-15-11)19(17,18)16-10-6-8(10)2/h8,10,13,16H,4-7H2,1-3H3,(H,14,15). The Kier molecular flexibility index (Phi) is 4.27. The Morgan fingerprint density at radius 1 is 1.47 bits per heavy atom. The number of hydrogen-bond acceptors (Lipinski definition) is 4. The predicted molar refractivity (Wildman–Crippen MR) is 73.2 cm³/mol. The van der Waals surface area contributed by atoms with Crippen molar-refractivity contribution in [3.05, 3.63) is 11.4 Å². The van der Waals surface area contributed by atoms with Gasteiger partial charge in [0.2, 0.25) is 10.0 Å². The number of hydrogen-bond donors (Lipinski definition) is 3. The molecule has 2 rings (SSSR count). The molecular weight excluding hydrogens is 264 g/mol. The van der Waals surface area contributed by atoms with Crippen molar-refractivity contribution in [1.29, 1.82) is 0 Å². The van der Waals surface area contributed by atoms with E-state index in [-0.39, 0.29) is 6.04 Å². The third-order valence-electron chi connectivity index (χ3n) is 3.37. The highest BCUT2D eigenvalue weighted by Crippen LogP contribution is 2.31. The Balaban J connectivity index is 2.15. The fourth-order valence-corrected chi connectivity index (χ4v) is 3.80. The molecule has 0 spiro atoms. The minimum absolute atomic E-state index is 0.0794. The molecule has 3 N–H and O–H groups in total. The molecule has 1 aromatic heterocycles. The van der Waals surface area contributed by atoms with Crippen LogP contribution in [0, 0.1) is 12.8 Å². The summed E-state index contributed by atoms with van der Waals surface area (Å²) in [5.74, 6) is 0.434. The summed E-state index contributed by atoms with van der Waals surface area (Å²) in [4.78, 5) is 0.301. The third-order valence-corrected chi connectivity index (χ3v) is 5.06. The minimum atomic E-state index is -3.47. The summed E-state index contributed by atoms with van der Waals surface area (Å²) < 4.78 is 27.5. The first-order chi connectivity index (χ1) is 8.95. The van der Waals surface area contributed by atoms with Crippen LogP contribution in [0.2, 0.25) is 0 Å². The van der Waals surface area contributed by atoms with E-state index >= 15 is 0 Å². The summed E-state index contributed by atoms with van der Waals surface area (Å²) in [6.07, 6.45) is 1.92. The average molecular weight is 286 g/mol. The van der Waals surface area contributed by atoms with E-state index in [0.29, 0.717) is 28.7 Å². The van der Waals surface area contributed by atoms with Crippen LogP contribution in [-0.4, -0.2) is 31.2 Å². The van der Waals surface area contributed by atoms with Crippen LogP contribution >= 0.6 is 0 Å². The summed E-state index contributed by atoms with van der Waals surface area (Å²) in [7, 11) is -3.47. The SMILES string of the molecule is CCCNCc1n[nH]c(C)c1S(=O)(=O)NC1CC1C. The summed E-state index contributed by atoms with van der Waals surface area (Å²) in [5, 5.41) is 10.0. The van der Waals surface area contributed by atoms with Gasteiger partial charge in [0.1, 0.15) is 4.90 Å². The van der Waals surface area contributed by atoms with Crippen LogP contribution < -0.4 is 10.0 Å². The Morgan fingerprint density at radius 3 is 2.74 bits per heavy atom. The number of nitrogens with zero attached hydrogens (tertiary/aromatic N) is 1. The molecule has 0 radical (unpaired) electrons. The number of aryl methyl sites for hydroxylation is 1. The first kappa shape index (κ1) is 14.5. The molecule has 0 aromatic carbocycles. The lowest BCUT2D eigenvalue weighted by atomic mass is 10.3. The maximum atomic E-state index is 12.4. The van der Waals surface area contributed by atoms with Crippen molar-refractivity contribution in [1.82, 2.24) is 20.2 Å². The topological polar surface area (TPSA) is 86.9 Å². The third kappa shape index (κ3) is 3.34. The first-order valence-corrected chi connectivity index (χ1v) is 8.21. The highest BCUT2D eigenvalue weighted by atomic mass is 32.2. The van der Waals surface area contributed by atoms with Gasteiger partial charge in [0, 0.05) is 12.6 Å². The maximum Gasteiger partial charge on any atom is 0.244 e.